The Balaban J connectivity index is 2.20. The van der Waals surface area contributed by atoms with Crippen LogP contribution in [-0.2, 0) is 0 Å². The molecular formula is C14H17FN2. The highest BCUT2D eigenvalue weighted by molar-refractivity contribution is 5.49. The summed E-state index contributed by atoms with van der Waals surface area (Å²) in [5, 5.41) is 12.4. The molecule has 1 aromatic carbocycles. The second-order valence-corrected chi connectivity index (χ2v) is 4.90. The van der Waals surface area contributed by atoms with Gasteiger partial charge in [-0.1, -0.05) is 25.0 Å². The molecule has 2 nitrogen and oxygen atoms in total. The summed E-state index contributed by atoms with van der Waals surface area (Å²) in [6.07, 6.45) is 4.43. The summed E-state index contributed by atoms with van der Waals surface area (Å²) in [5.41, 5.74) is -0.248. The Morgan fingerprint density at radius 1 is 1.35 bits per heavy atom. The maximum Gasteiger partial charge on any atom is 0.146 e. The van der Waals surface area contributed by atoms with Crippen LogP contribution in [0.2, 0.25) is 0 Å². The maximum absolute atomic E-state index is 13.6. The van der Waals surface area contributed by atoms with E-state index < -0.39 is 5.54 Å². The third-order valence-corrected chi connectivity index (χ3v) is 3.67. The van der Waals surface area contributed by atoms with Crippen molar-refractivity contribution >= 4 is 5.69 Å². The molecule has 1 fully saturated rings. The van der Waals surface area contributed by atoms with Crippen molar-refractivity contribution in [2.45, 2.75) is 38.1 Å². The molecule has 0 saturated heterocycles. The third-order valence-electron chi connectivity index (χ3n) is 3.67. The molecule has 3 heteroatoms. The van der Waals surface area contributed by atoms with Gasteiger partial charge in [0.2, 0.25) is 0 Å². The zero-order chi connectivity index (χ0) is 12.3. The second-order valence-electron chi connectivity index (χ2n) is 4.90. The molecule has 0 radical (unpaired) electrons. The standard InChI is InChI=1S/C14H17FN2/c1-14(10-16,11-6-2-3-7-11)17-13-9-5-4-8-12(13)15/h4-5,8-9,11,17H,2-3,6-7H2,1H3. The van der Waals surface area contributed by atoms with E-state index in [4.69, 9.17) is 0 Å². The fraction of sp³-hybridized carbons (Fsp3) is 0.500. The molecule has 1 atom stereocenters. The lowest BCUT2D eigenvalue weighted by molar-refractivity contribution is 0.402. The minimum atomic E-state index is -0.668. The molecule has 1 aliphatic rings. The number of rotatable bonds is 3. The van der Waals surface area contributed by atoms with E-state index in [1.165, 1.54) is 18.9 Å². The summed E-state index contributed by atoms with van der Waals surface area (Å²) < 4.78 is 13.6. The van der Waals surface area contributed by atoms with E-state index in [9.17, 15) is 9.65 Å². The van der Waals surface area contributed by atoms with Gasteiger partial charge in [0.25, 0.3) is 0 Å². The Morgan fingerprint density at radius 2 is 2.00 bits per heavy atom. The quantitative estimate of drug-likeness (QED) is 0.862. The number of nitrogens with zero attached hydrogens (tertiary/aromatic N) is 1. The van der Waals surface area contributed by atoms with E-state index in [-0.39, 0.29) is 5.82 Å². The van der Waals surface area contributed by atoms with Crippen LogP contribution in [-0.4, -0.2) is 5.54 Å². The van der Waals surface area contributed by atoms with Gasteiger partial charge >= 0.3 is 0 Å². The van der Waals surface area contributed by atoms with Crippen LogP contribution >= 0.6 is 0 Å². The van der Waals surface area contributed by atoms with Gasteiger partial charge in [0.05, 0.1) is 11.8 Å². The molecule has 1 N–H and O–H groups in total. The van der Waals surface area contributed by atoms with Gasteiger partial charge < -0.3 is 5.32 Å². The molecule has 0 amide bonds. The number of nitrogens with one attached hydrogen (secondary N) is 1. The van der Waals surface area contributed by atoms with Gasteiger partial charge in [0.15, 0.2) is 0 Å². The fourth-order valence-electron chi connectivity index (χ4n) is 2.57. The maximum atomic E-state index is 13.6. The van der Waals surface area contributed by atoms with E-state index in [0.717, 1.165) is 12.8 Å². The van der Waals surface area contributed by atoms with Gasteiger partial charge in [-0.2, -0.15) is 5.26 Å². The molecule has 0 spiro atoms. The van der Waals surface area contributed by atoms with Crippen molar-refractivity contribution in [3.63, 3.8) is 0 Å². The molecule has 1 saturated carbocycles. The molecular weight excluding hydrogens is 215 g/mol. The Morgan fingerprint density at radius 3 is 2.59 bits per heavy atom. The number of hydrogen-bond acceptors (Lipinski definition) is 2. The van der Waals surface area contributed by atoms with Crippen molar-refractivity contribution in [2.75, 3.05) is 5.32 Å². The SMILES string of the molecule is CC(C#N)(Nc1ccccc1F)C1CCCC1. The van der Waals surface area contributed by atoms with E-state index in [2.05, 4.69) is 11.4 Å². The Hall–Kier alpha value is -1.56. The molecule has 2 rings (SSSR count). The third kappa shape index (κ3) is 2.41. The average Bonchev–Trinajstić information content (AvgIpc) is 2.86. The topological polar surface area (TPSA) is 35.8 Å². The number of para-hydroxylation sites is 1. The summed E-state index contributed by atoms with van der Waals surface area (Å²) in [4.78, 5) is 0. The largest absolute Gasteiger partial charge is 0.365 e. The number of benzene rings is 1. The van der Waals surface area contributed by atoms with Gasteiger partial charge in [-0.25, -0.2) is 4.39 Å². The highest BCUT2D eigenvalue weighted by Crippen LogP contribution is 2.36. The lowest BCUT2D eigenvalue weighted by Gasteiger charge is -2.30. The normalized spacial score (nSPS) is 19.6. The van der Waals surface area contributed by atoms with Crippen LogP contribution in [0.5, 0.6) is 0 Å². The lowest BCUT2D eigenvalue weighted by atomic mass is 9.85. The summed E-state index contributed by atoms with van der Waals surface area (Å²) in [6.45, 7) is 1.87. The smallest absolute Gasteiger partial charge is 0.146 e. The Labute approximate surface area is 101 Å². The number of halogens is 1. The number of hydrogen-bond donors (Lipinski definition) is 1. The van der Waals surface area contributed by atoms with Gasteiger partial charge in [0.1, 0.15) is 11.4 Å². The molecule has 0 aromatic heterocycles. The van der Waals surface area contributed by atoms with Gasteiger partial charge in [-0.3, -0.25) is 0 Å². The molecule has 1 unspecified atom stereocenters. The van der Waals surface area contributed by atoms with E-state index >= 15 is 0 Å². The van der Waals surface area contributed by atoms with E-state index in [0.29, 0.717) is 11.6 Å². The number of anilines is 1. The van der Waals surface area contributed by atoms with E-state index in [1.54, 1.807) is 18.2 Å². The highest BCUT2D eigenvalue weighted by atomic mass is 19.1. The molecule has 0 heterocycles. The first kappa shape index (κ1) is 11.9. The van der Waals surface area contributed by atoms with Crippen LogP contribution in [0.15, 0.2) is 24.3 Å². The first-order valence-corrected chi connectivity index (χ1v) is 6.10. The van der Waals surface area contributed by atoms with Crippen molar-refractivity contribution in [2.24, 2.45) is 5.92 Å². The lowest BCUT2D eigenvalue weighted by Crippen LogP contribution is -2.40. The summed E-state index contributed by atoms with van der Waals surface area (Å²) in [6, 6.07) is 8.84. The van der Waals surface area contributed by atoms with Crippen molar-refractivity contribution in [1.82, 2.24) is 0 Å². The summed E-state index contributed by atoms with van der Waals surface area (Å²) >= 11 is 0. The van der Waals surface area contributed by atoms with Crippen molar-refractivity contribution in [1.29, 1.82) is 5.26 Å². The first-order chi connectivity index (χ1) is 8.15. The predicted octanol–water partition coefficient (Wildman–Crippen LogP) is 3.71. The molecule has 90 valence electrons. The van der Waals surface area contributed by atoms with Crippen LogP contribution in [0.3, 0.4) is 0 Å². The molecule has 17 heavy (non-hydrogen) atoms. The van der Waals surface area contributed by atoms with Crippen molar-refractivity contribution < 1.29 is 4.39 Å². The van der Waals surface area contributed by atoms with Gasteiger partial charge in [0, 0.05) is 0 Å². The van der Waals surface area contributed by atoms with Crippen LogP contribution in [0, 0.1) is 23.1 Å². The zero-order valence-electron chi connectivity index (χ0n) is 10.0. The second kappa shape index (κ2) is 4.75. The first-order valence-electron chi connectivity index (χ1n) is 6.10. The van der Waals surface area contributed by atoms with Crippen molar-refractivity contribution in [3.05, 3.63) is 30.1 Å². The summed E-state index contributed by atoms with van der Waals surface area (Å²) in [7, 11) is 0. The van der Waals surface area contributed by atoms with Crippen LogP contribution < -0.4 is 5.32 Å². The fourth-order valence-corrected chi connectivity index (χ4v) is 2.57. The predicted molar refractivity (Wildman–Crippen MR) is 66.0 cm³/mol. The minimum absolute atomic E-state index is 0.299. The van der Waals surface area contributed by atoms with Crippen LogP contribution in [0.1, 0.15) is 32.6 Å². The monoisotopic (exact) mass is 232 g/mol. The van der Waals surface area contributed by atoms with Gasteiger partial charge in [-0.05, 0) is 37.8 Å². The summed E-state index contributed by atoms with van der Waals surface area (Å²) in [5.74, 6) is 0.0130. The number of nitriles is 1. The zero-order valence-corrected chi connectivity index (χ0v) is 10.0. The Bertz CT molecular complexity index is 432. The molecule has 0 aliphatic heterocycles. The minimum Gasteiger partial charge on any atom is -0.365 e. The molecule has 1 aliphatic carbocycles. The molecule has 0 bridgehead atoms. The van der Waals surface area contributed by atoms with E-state index in [1.807, 2.05) is 6.92 Å². The Kier molecular flexibility index (Phi) is 3.33. The van der Waals surface area contributed by atoms with Crippen LogP contribution in [0.25, 0.3) is 0 Å². The van der Waals surface area contributed by atoms with Crippen LogP contribution in [0.4, 0.5) is 10.1 Å². The molecule has 1 aromatic rings. The van der Waals surface area contributed by atoms with Gasteiger partial charge in [-0.15, -0.1) is 0 Å². The van der Waals surface area contributed by atoms with Crippen molar-refractivity contribution in [3.8, 4) is 6.07 Å². The average molecular weight is 232 g/mol. The highest BCUT2D eigenvalue weighted by Gasteiger charge is 2.36.